The van der Waals surface area contributed by atoms with E-state index in [0.717, 1.165) is 28.0 Å². The molecule has 0 amide bonds. The molecule has 6 rings (SSSR count). The lowest BCUT2D eigenvalue weighted by molar-refractivity contribution is 0.412. The fourth-order valence-electron chi connectivity index (χ4n) is 4.76. The van der Waals surface area contributed by atoms with E-state index in [0.29, 0.717) is 38.0 Å². The van der Waals surface area contributed by atoms with Crippen LogP contribution in [0.5, 0.6) is 5.75 Å². The molecule has 7 nitrogen and oxygen atoms in total. The van der Waals surface area contributed by atoms with E-state index in [1.54, 1.807) is 61.9 Å². The van der Waals surface area contributed by atoms with Crippen molar-refractivity contribution in [1.82, 2.24) is 14.2 Å². The molecular weight excluding hydrogens is 535 g/mol. The molecule has 194 valence electrons. The lowest BCUT2D eigenvalue weighted by Crippen LogP contribution is -2.20. The van der Waals surface area contributed by atoms with E-state index in [4.69, 9.17) is 37.3 Å². The number of halogens is 2. The zero-order chi connectivity index (χ0) is 27.3. The van der Waals surface area contributed by atoms with Crippen LogP contribution in [-0.2, 0) is 0 Å². The van der Waals surface area contributed by atoms with Gasteiger partial charge in [-0.25, -0.2) is 4.98 Å². The van der Waals surface area contributed by atoms with Crippen LogP contribution in [0, 0.1) is 13.8 Å². The Bertz CT molecular complexity index is 1980. The first-order valence-corrected chi connectivity index (χ1v) is 12.9. The van der Waals surface area contributed by atoms with Crippen LogP contribution in [0.3, 0.4) is 0 Å². The monoisotopic (exact) mass is 556 g/mol. The molecule has 0 unspecified atom stereocenters. The first kappa shape index (κ1) is 25.0. The smallest absolute Gasteiger partial charge is 0.282 e. The van der Waals surface area contributed by atoms with E-state index in [-0.39, 0.29) is 11.4 Å². The van der Waals surface area contributed by atoms with Crippen molar-refractivity contribution in [2.75, 3.05) is 7.11 Å². The fraction of sp³-hybridized carbons (Fsp3) is 0.100. The molecule has 3 aromatic carbocycles. The normalized spacial score (nSPS) is 11.7. The Kier molecular flexibility index (Phi) is 6.25. The highest BCUT2D eigenvalue weighted by Crippen LogP contribution is 2.31. The molecule has 0 atom stereocenters. The largest absolute Gasteiger partial charge is 0.495 e. The fourth-order valence-corrected chi connectivity index (χ4v) is 5.11. The standard InChI is InChI=1S/C30H22Cl2N4O3/c1-17-12-20(18(2)35(17)25-15-22(32)9-11-27(25)38-3)16-33-36-29(34-24-7-5-4-6-23(24)30(36)37)28-14-19-13-21(31)8-10-26(19)39-28/h4-16H,1-3H3. The Labute approximate surface area is 233 Å². The summed E-state index contributed by atoms with van der Waals surface area (Å²) in [4.78, 5) is 18.4. The molecule has 0 radical (unpaired) electrons. The molecule has 0 aliphatic rings. The summed E-state index contributed by atoms with van der Waals surface area (Å²) in [5.41, 5.74) is 4.35. The van der Waals surface area contributed by atoms with Crippen LogP contribution in [0.1, 0.15) is 17.0 Å². The predicted molar refractivity (Wildman–Crippen MR) is 156 cm³/mol. The minimum atomic E-state index is -0.310. The summed E-state index contributed by atoms with van der Waals surface area (Å²) < 4.78 is 14.9. The van der Waals surface area contributed by atoms with Crippen molar-refractivity contribution < 1.29 is 9.15 Å². The summed E-state index contributed by atoms with van der Waals surface area (Å²) in [5, 5.41) is 7.05. The number of hydrogen-bond acceptors (Lipinski definition) is 5. The zero-order valence-electron chi connectivity index (χ0n) is 21.3. The van der Waals surface area contributed by atoms with E-state index in [2.05, 4.69) is 5.10 Å². The first-order valence-electron chi connectivity index (χ1n) is 12.1. The molecule has 0 bridgehead atoms. The highest BCUT2D eigenvalue weighted by atomic mass is 35.5. The third-order valence-electron chi connectivity index (χ3n) is 6.62. The van der Waals surface area contributed by atoms with E-state index in [1.807, 2.05) is 42.7 Å². The van der Waals surface area contributed by atoms with E-state index in [1.165, 1.54) is 4.68 Å². The maximum atomic E-state index is 13.6. The highest BCUT2D eigenvalue weighted by molar-refractivity contribution is 6.31. The number of fused-ring (bicyclic) bond motifs is 2. The van der Waals surface area contributed by atoms with Gasteiger partial charge in [0.15, 0.2) is 5.76 Å². The Hall–Kier alpha value is -4.33. The van der Waals surface area contributed by atoms with Crippen molar-refractivity contribution in [2.45, 2.75) is 13.8 Å². The highest BCUT2D eigenvalue weighted by Gasteiger charge is 2.18. The van der Waals surface area contributed by atoms with Gasteiger partial charge in [-0.3, -0.25) is 4.79 Å². The lowest BCUT2D eigenvalue weighted by Gasteiger charge is -2.14. The van der Waals surface area contributed by atoms with Crippen molar-refractivity contribution in [1.29, 1.82) is 0 Å². The Morgan fingerprint density at radius 3 is 2.56 bits per heavy atom. The van der Waals surface area contributed by atoms with Crippen LogP contribution in [0.4, 0.5) is 0 Å². The second kappa shape index (κ2) is 9.76. The topological polar surface area (TPSA) is 74.6 Å². The van der Waals surface area contributed by atoms with Crippen LogP contribution in [0.2, 0.25) is 10.0 Å². The molecule has 0 saturated heterocycles. The molecule has 9 heteroatoms. The minimum Gasteiger partial charge on any atom is -0.495 e. The van der Waals surface area contributed by atoms with Crippen LogP contribution >= 0.6 is 23.2 Å². The molecule has 0 saturated carbocycles. The molecule has 3 heterocycles. The molecule has 0 fully saturated rings. The van der Waals surface area contributed by atoms with Gasteiger partial charge in [0.1, 0.15) is 11.3 Å². The van der Waals surface area contributed by atoms with Crippen LogP contribution in [0.25, 0.3) is 39.1 Å². The number of rotatable bonds is 5. The number of ether oxygens (including phenoxy) is 1. The van der Waals surface area contributed by atoms with Crippen molar-refractivity contribution in [2.24, 2.45) is 5.10 Å². The molecule has 39 heavy (non-hydrogen) atoms. The van der Waals surface area contributed by atoms with Gasteiger partial charge in [-0.1, -0.05) is 35.3 Å². The molecule has 0 aliphatic carbocycles. The molecule has 0 N–H and O–H groups in total. The second-order valence-electron chi connectivity index (χ2n) is 9.08. The van der Waals surface area contributed by atoms with Gasteiger partial charge >= 0.3 is 0 Å². The predicted octanol–water partition coefficient (Wildman–Crippen LogP) is 7.41. The minimum absolute atomic E-state index is 0.285. The quantitative estimate of drug-likeness (QED) is 0.207. The van der Waals surface area contributed by atoms with Gasteiger partial charge in [0.2, 0.25) is 5.82 Å². The second-order valence-corrected chi connectivity index (χ2v) is 9.96. The first-order chi connectivity index (χ1) is 18.8. The summed E-state index contributed by atoms with van der Waals surface area (Å²) in [6.07, 6.45) is 1.65. The number of furan rings is 1. The summed E-state index contributed by atoms with van der Waals surface area (Å²) in [6, 6.07) is 21.8. The number of nitrogens with zero attached hydrogens (tertiary/aromatic N) is 4. The lowest BCUT2D eigenvalue weighted by atomic mass is 10.2. The van der Waals surface area contributed by atoms with Gasteiger partial charge in [-0.2, -0.15) is 9.78 Å². The van der Waals surface area contributed by atoms with E-state index >= 15 is 0 Å². The molecule has 0 spiro atoms. The summed E-state index contributed by atoms with van der Waals surface area (Å²) in [5.74, 6) is 1.38. The number of methoxy groups -OCH3 is 1. The number of para-hydroxylation sites is 1. The Morgan fingerprint density at radius 2 is 1.74 bits per heavy atom. The maximum absolute atomic E-state index is 13.6. The summed E-state index contributed by atoms with van der Waals surface area (Å²) in [6.45, 7) is 3.96. The van der Waals surface area contributed by atoms with Gasteiger partial charge in [0.05, 0.1) is 29.9 Å². The van der Waals surface area contributed by atoms with Crippen LogP contribution in [-0.4, -0.2) is 27.6 Å². The average molecular weight is 557 g/mol. The SMILES string of the molecule is COc1ccc(Cl)cc1-n1c(C)cc(C=Nn2c(-c3cc4cc(Cl)ccc4o3)nc3ccccc3c2=O)c1C. The van der Waals surface area contributed by atoms with Crippen LogP contribution in [0.15, 0.2) is 87.1 Å². The molecule has 3 aromatic heterocycles. The molecular formula is C30H22Cl2N4O3. The maximum Gasteiger partial charge on any atom is 0.282 e. The number of hydrogen-bond donors (Lipinski definition) is 0. The number of benzene rings is 3. The van der Waals surface area contributed by atoms with Crippen molar-refractivity contribution >= 4 is 51.3 Å². The van der Waals surface area contributed by atoms with Gasteiger partial charge < -0.3 is 13.7 Å². The average Bonchev–Trinajstić information content (AvgIpc) is 3.47. The number of aryl methyl sites for hydroxylation is 1. The van der Waals surface area contributed by atoms with Gasteiger partial charge in [0.25, 0.3) is 5.56 Å². The van der Waals surface area contributed by atoms with Gasteiger partial charge in [0, 0.05) is 32.4 Å². The third-order valence-corrected chi connectivity index (χ3v) is 7.09. The van der Waals surface area contributed by atoms with Crippen molar-refractivity contribution in [3.05, 3.63) is 110 Å². The number of aromatic nitrogens is 3. The molecule has 0 aliphatic heterocycles. The third kappa shape index (κ3) is 4.39. The zero-order valence-corrected chi connectivity index (χ0v) is 22.8. The van der Waals surface area contributed by atoms with Gasteiger partial charge in [-0.15, -0.1) is 0 Å². The van der Waals surface area contributed by atoms with E-state index in [9.17, 15) is 4.79 Å². The Morgan fingerprint density at radius 1 is 0.974 bits per heavy atom. The van der Waals surface area contributed by atoms with Crippen LogP contribution < -0.4 is 10.3 Å². The Balaban J connectivity index is 1.52. The molecule has 6 aromatic rings. The van der Waals surface area contributed by atoms with Crippen molar-refractivity contribution in [3.8, 4) is 23.0 Å². The summed E-state index contributed by atoms with van der Waals surface area (Å²) >= 11 is 12.5. The van der Waals surface area contributed by atoms with Crippen molar-refractivity contribution in [3.63, 3.8) is 0 Å². The van der Waals surface area contributed by atoms with E-state index < -0.39 is 0 Å². The summed E-state index contributed by atoms with van der Waals surface area (Å²) in [7, 11) is 1.62. The van der Waals surface area contributed by atoms with Gasteiger partial charge in [-0.05, 0) is 74.5 Å².